The molecule has 0 amide bonds. The Morgan fingerprint density at radius 3 is 2.50 bits per heavy atom. The number of anilines is 1. The largest absolute Gasteiger partial charge is 0.335 e. The van der Waals surface area contributed by atoms with Crippen LogP contribution in [0.15, 0.2) is 24.3 Å². The monoisotopic (exact) mass is 276 g/mol. The van der Waals surface area contributed by atoms with Gasteiger partial charge in [-0.25, -0.2) is 14.2 Å². The van der Waals surface area contributed by atoms with E-state index in [2.05, 4.69) is 5.43 Å². The van der Waals surface area contributed by atoms with E-state index in [1.54, 1.807) is 33.3 Å². The van der Waals surface area contributed by atoms with E-state index in [1.807, 2.05) is 6.07 Å². The summed E-state index contributed by atoms with van der Waals surface area (Å²) in [7, 11) is 4.84. The molecule has 0 aliphatic carbocycles. The molecule has 1 aromatic heterocycles. The van der Waals surface area contributed by atoms with Crippen molar-refractivity contribution >= 4 is 5.69 Å². The van der Waals surface area contributed by atoms with Gasteiger partial charge in [0.25, 0.3) is 0 Å². The van der Waals surface area contributed by atoms with E-state index >= 15 is 0 Å². The van der Waals surface area contributed by atoms with Crippen LogP contribution < -0.4 is 10.4 Å². The maximum atomic E-state index is 14.2. The van der Waals surface area contributed by atoms with Crippen molar-refractivity contribution in [3.05, 3.63) is 41.6 Å². The van der Waals surface area contributed by atoms with Crippen molar-refractivity contribution in [3.63, 3.8) is 0 Å². The Kier molecular flexibility index (Phi) is 3.72. The Bertz CT molecular complexity index is 685. The van der Waals surface area contributed by atoms with Gasteiger partial charge in [-0.1, -0.05) is 0 Å². The van der Waals surface area contributed by atoms with E-state index < -0.39 is 11.6 Å². The first-order chi connectivity index (χ1) is 9.49. The highest BCUT2D eigenvalue weighted by Gasteiger charge is 2.16. The quantitative estimate of drug-likeness (QED) is 0.876. The van der Waals surface area contributed by atoms with Crippen molar-refractivity contribution in [2.24, 2.45) is 7.05 Å². The van der Waals surface area contributed by atoms with Crippen molar-refractivity contribution in [1.29, 1.82) is 5.26 Å². The van der Waals surface area contributed by atoms with Crippen LogP contribution >= 0.6 is 0 Å². The third-order valence-corrected chi connectivity index (χ3v) is 3.25. The van der Waals surface area contributed by atoms with Gasteiger partial charge in [0.05, 0.1) is 11.4 Å². The van der Waals surface area contributed by atoms with Crippen molar-refractivity contribution < 1.29 is 8.78 Å². The highest BCUT2D eigenvalue weighted by Crippen LogP contribution is 2.29. The van der Waals surface area contributed by atoms with Crippen LogP contribution in [-0.2, 0) is 7.05 Å². The molecule has 0 unspecified atom stereocenters. The van der Waals surface area contributed by atoms with Gasteiger partial charge in [0.2, 0.25) is 0 Å². The molecule has 1 aromatic carbocycles. The van der Waals surface area contributed by atoms with Gasteiger partial charge >= 0.3 is 0 Å². The minimum absolute atomic E-state index is 0.114. The number of nitrogens with zero attached hydrogens (tertiary/aromatic N) is 3. The summed E-state index contributed by atoms with van der Waals surface area (Å²) in [6, 6.07) is 7.41. The van der Waals surface area contributed by atoms with Crippen LogP contribution in [0.5, 0.6) is 0 Å². The number of benzene rings is 1. The summed E-state index contributed by atoms with van der Waals surface area (Å²) >= 11 is 0. The number of hydrogen-bond acceptors (Lipinski definition) is 3. The Balaban J connectivity index is 2.57. The molecular formula is C14H14F2N4. The summed E-state index contributed by atoms with van der Waals surface area (Å²) in [5, 5.41) is 10.3. The lowest BCUT2D eigenvalue weighted by atomic mass is 10.1. The Morgan fingerprint density at radius 1 is 1.25 bits per heavy atom. The van der Waals surface area contributed by atoms with Crippen molar-refractivity contribution in [3.8, 4) is 17.3 Å². The number of nitriles is 1. The summed E-state index contributed by atoms with van der Waals surface area (Å²) in [4.78, 5) is 0. The molecule has 0 fully saturated rings. The van der Waals surface area contributed by atoms with Crippen LogP contribution in [0.2, 0.25) is 0 Å². The first-order valence-electron chi connectivity index (χ1n) is 5.96. The topological polar surface area (TPSA) is 44.0 Å². The molecule has 1 heterocycles. The molecule has 4 nitrogen and oxygen atoms in total. The van der Waals surface area contributed by atoms with Gasteiger partial charge in [-0.3, -0.25) is 0 Å². The number of hydrazine groups is 1. The average Bonchev–Trinajstić information content (AvgIpc) is 2.81. The van der Waals surface area contributed by atoms with Crippen LogP contribution in [-0.4, -0.2) is 18.7 Å². The highest BCUT2D eigenvalue weighted by molar-refractivity contribution is 5.66. The number of hydrogen-bond donors (Lipinski definition) is 1. The first-order valence-corrected chi connectivity index (χ1v) is 5.96. The number of nitrogens with one attached hydrogen (secondary N) is 1. The number of rotatable bonds is 3. The van der Waals surface area contributed by atoms with Gasteiger partial charge in [-0.2, -0.15) is 5.26 Å². The van der Waals surface area contributed by atoms with Gasteiger partial charge in [-0.15, -0.1) is 0 Å². The van der Waals surface area contributed by atoms with E-state index in [1.165, 1.54) is 9.58 Å². The molecule has 0 saturated heterocycles. The minimum Gasteiger partial charge on any atom is -0.335 e. The molecule has 0 radical (unpaired) electrons. The Morgan fingerprint density at radius 2 is 1.95 bits per heavy atom. The fourth-order valence-electron chi connectivity index (χ4n) is 2.00. The maximum Gasteiger partial charge on any atom is 0.148 e. The van der Waals surface area contributed by atoms with Gasteiger partial charge < -0.3 is 9.58 Å². The standard InChI is InChI=1S/C14H14F2N4/c1-18-20(3)14-7-11(15)10(6-12(14)16)13-5-4-9(8-17)19(13)2/h4-7,18H,1-3H3. The first kappa shape index (κ1) is 14.0. The van der Waals surface area contributed by atoms with Gasteiger partial charge in [-0.05, 0) is 18.2 Å². The van der Waals surface area contributed by atoms with Gasteiger partial charge in [0.15, 0.2) is 0 Å². The molecule has 2 rings (SSSR count). The maximum absolute atomic E-state index is 14.2. The summed E-state index contributed by atoms with van der Waals surface area (Å²) in [5.74, 6) is -1.09. The van der Waals surface area contributed by atoms with E-state index in [0.717, 1.165) is 12.1 Å². The SMILES string of the molecule is CNN(C)c1cc(F)c(-c2ccc(C#N)n2C)cc1F. The third-order valence-electron chi connectivity index (χ3n) is 3.25. The van der Waals surface area contributed by atoms with Crippen molar-refractivity contribution in [2.75, 3.05) is 19.1 Å². The lowest BCUT2D eigenvalue weighted by Gasteiger charge is -2.19. The van der Waals surface area contributed by atoms with Crippen LogP contribution in [0.3, 0.4) is 0 Å². The average molecular weight is 276 g/mol. The zero-order chi connectivity index (χ0) is 14.9. The zero-order valence-electron chi connectivity index (χ0n) is 11.4. The third kappa shape index (κ3) is 2.24. The van der Waals surface area contributed by atoms with Crippen LogP contribution in [0, 0.1) is 23.0 Å². The molecular weight excluding hydrogens is 262 g/mol. The summed E-state index contributed by atoms with van der Waals surface area (Å²) < 4.78 is 29.8. The fraction of sp³-hybridized carbons (Fsp3) is 0.214. The van der Waals surface area contributed by atoms with E-state index in [4.69, 9.17) is 5.26 Å². The molecule has 20 heavy (non-hydrogen) atoms. The predicted octanol–water partition coefficient (Wildman–Crippen LogP) is 2.41. The molecule has 1 N–H and O–H groups in total. The lowest BCUT2D eigenvalue weighted by Crippen LogP contribution is -2.31. The number of aromatic nitrogens is 1. The van der Waals surface area contributed by atoms with Crippen LogP contribution in [0.25, 0.3) is 11.3 Å². The molecule has 0 bridgehead atoms. The summed E-state index contributed by atoms with van der Waals surface area (Å²) in [5.41, 5.74) is 3.79. The second-order valence-electron chi connectivity index (χ2n) is 4.34. The van der Waals surface area contributed by atoms with E-state index in [9.17, 15) is 8.78 Å². The predicted molar refractivity (Wildman–Crippen MR) is 72.9 cm³/mol. The molecule has 0 aliphatic heterocycles. The Labute approximate surface area is 115 Å². The molecule has 0 saturated carbocycles. The molecule has 104 valence electrons. The zero-order valence-corrected chi connectivity index (χ0v) is 11.4. The second-order valence-corrected chi connectivity index (χ2v) is 4.34. The lowest BCUT2D eigenvalue weighted by molar-refractivity contribution is 0.592. The molecule has 2 aromatic rings. The van der Waals surface area contributed by atoms with E-state index in [-0.39, 0.29) is 11.3 Å². The number of halogens is 2. The summed E-state index contributed by atoms with van der Waals surface area (Å²) in [6.45, 7) is 0. The van der Waals surface area contributed by atoms with Crippen LogP contribution in [0.1, 0.15) is 5.69 Å². The van der Waals surface area contributed by atoms with E-state index in [0.29, 0.717) is 11.4 Å². The van der Waals surface area contributed by atoms with Crippen LogP contribution in [0.4, 0.5) is 14.5 Å². The Hall–Kier alpha value is -2.39. The smallest absolute Gasteiger partial charge is 0.148 e. The second kappa shape index (κ2) is 5.31. The van der Waals surface area contributed by atoms with Crippen molar-refractivity contribution in [2.45, 2.75) is 0 Å². The minimum atomic E-state index is -0.547. The highest BCUT2D eigenvalue weighted by atomic mass is 19.1. The molecule has 6 heteroatoms. The van der Waals surface area contributed by atoms with Gasteiger partial charge in [0, 0.05) is 32.8 Å². The molecule has 0 spiro atoms. The van der Waals surface area contributed by atoms with Gasteiger partial charge in [0.1, 0.15) is 23.4 Å². The normalized spacial score (nSPS) is 10.4. The summed E-state index contributed by atoms with van der Waals surface area (Å²) in [6.07, 6.45) is 0. The molecule has 0 aliphatic rings. The van der Waals surface area contributed by atoms with Crippen molar-refractivity contribution in [1.82, 2.24) is 9.99 Å². The molecule has 0 atom stereocenters. The fourth-order valence-corrected chi connectivity index (χ4v) is 2.00.